The van der Waals surface area contributed by atoms with Gasteiger partial charge in [-0.1, -0.05) is 34.1 Å². The van der Waals surface area contributed by atoms with E-state index in [4.69, 9.17) is 19.9 Å². The van der Waals surface area contributed by atoms with Crippen LogP contribution >= 0.6 is 45.3 Å². The van der Waals surface area contributed by atoms with Gasteiger partial charge in [0.25, 0.3) is 6.43 Å². The van der Waals surface area contributed by atoms with Crippen LogP contribution < -0.4 is 15.2 Å². The molecule has 1 aliphatic rings. The van der Waals surface area contributed by atoms with Crippen LogP contribution in [0.1, 0.15) is 74.9 Å². The second kappa shape index (κ2) is 23.8. The molecule has 0 saturated carbocycles. The predicted octanol–water partition coefficient (Wildman–Crippen LogP) is 10.3. The van der Waals surface area contributed by atoms with Crippen molar-refractivity contribution >= 4 is 61.8 Å². The van der Waals surface area contributed by atoms with E-state index < -0.39 is 40.5 Å². The highest BCUT2D eigenvalue weighted by molar-refractivity contribution is 14.0. The third kappa shape index (κ3) is 14.9. The molecule has 4 aromatic heterocycles. The van der Waals surface area contributed by atoms with E-state index in [1.54, 1.807) is 37.9 Å². The van der Waals surface area contributed by atoms with Gasteiger partial charge in [0.2, 0.25) is 11.8 Å². The van der Waals surface area contributed by atoms with Crippen LogP contribution in [0.3, 0.4) is 0 Å². The Hall–Kier alpha value is -3.04. The summed E-state index contributed by atoms with van der Waals surface area (Å²) in [4.78, 5) is 14.5. The maximum absolute atomic E-state index is 14.4. The molecule has 0 saturated heterocycles. The minimum Gasteiger partial charge on any atom is -0.477 e. The summed E-state index contributed by atoms with van der Waals surface area (Å²) in [6.07, 6.45) is 6.27. The Kier molecular flexibility index (Phi) is 22.4. The average molecular weight is 926 g/mol. The number of alkyl halides is 4. The highest BCUT2D eigenvalue weighted by atomic mass is 127. The Balaban J connectivity index is 0. The largest absolute Gasteiger partial charge is 0.477 e. The maximum atomic E-state index is 14.4. The molecule has 54 heavy (non-hydrogen) atoms. The van der Waals surface area contributed by atoms with Gasteiger partial charge in [-0.2, -0.15) is 13.9 Å². The molecule has 0 radical (unpaired) electrons. The van der Waals surface area contributed by atoms with Crippen molar-refractivity contribution in [3.63, 3.8) is 0 Å². The van der Waals surface area contributed by atoms with E-state index in [0.717, 1.165) is 5.75 Å². The zero-order valence-electron chi connectivity index (χ0n) is 33.2. The lowest BCUT2D eigenvalue weighted by atomic mass is 10.0. The van der Waals surface area contributed by atoms with Crippen molar-refractivity contribution in [2.75, 3.05) is 37.7 Å². The molecule has 0 aromatic carbocycles. The van der Waals surface area contributed by atoms with E-state index in [-0.39, 0.29) is 60.7 Å². The van der Waals surface area contributed by atoms with Gasteiger partial charge < -0.3 is 24.7 Å². The molecule has 0 aliphatic carbocycles. The summed E-state index contributed by atoms with van der Waals surface area (Å²) in [5, 5.41) is 8.22. The van der Waals surface area contributed by atoms with E-state index in [1.807, 2.05) is 13.8 Å². The van der Waals surface area contributed by atoms with Gasteiger partial charge in [0.05, 0.1) is 40.2 Å². The third-order valence-electron chi connectivity index (χ3n) is 6.40. The topological polar surface area (TPSA) is 133 Å². The molecule has 2 N–H and O–H groups in total. The molecule has 0 atom stereocenters. The quantitative estimate of drug-likeness (QED) is 0.0719. The zero-order chi connectivity index (χ0) is 40.7. The number of fused-ring (bicyclic) bond motifs is 2. The number of aryl methyl sites for hydroxylation is 2. The Morgan fingerprint density at radius 3 is 2.24 bits per heavy atom. The molecule has 312 valence electrons. The van der Waals surface area contributed by atoms with Gasteiger partial charge in [0, 0.05) is 39.0 Å². The van der Waals surface area contributed by atoms with Crippen LogP contribution in [-0.2, 0) is 29.8 Å². The molecule has 1 amide bonds. The summed E-state index contributed by atoms with van der Waals surface area (Å²) in [7, 11) is 0.741. The number of primary amides is 1. The van der Waals surface area contributed by atoms with Gasteiger partial charge in [-0.3, -0.25) is 9.25 Å². The van der Waals surface area contributed by atoms with Gasteiger partial charge >= 0.3 is 12.7 Å². The first kappa shape index (κ1) is 51.0. The number of halogens is 5. The standard InChI is InChI=1S/C23H28F4N6O3S2.C5H11NO2.C3H8.C2H6.C2H4.HI.H2/c1-31-10-13(21(30-31)36-23(26)27)14-17(15-16(19(24)25)29-33-6-5-7-35-22(15)33)32(20-18(14)37-11-28-20)12-34-8-9-38(2,3)4;1-5(2,3)8-4(6)7;1-3-2;2*1-2;;/h10-11,19,23H,5-9,12H2,1-4H3;1-3H3,(H2,6,7);3H2,1-2H3;1-2H3;1-2H2;2*1H. The lowest BCUT2D eigenvalue weighted by Gasteiger charge is -2.24. The van der Waals surface area contributed by atoms with Crippen LogP contribution in [0.25, 0.3) is 32.7 Å². The number of amides is 1. The van der Waals surface area contributed by atoms with Crippen LogP contribution in [0, 0.1) is 0 Å². The second-order valence-electron chi connectivity index (χ2n) is 12.9. The first-order valence-corrected chi connectivity index (χ1v) is 21.0. The van der Waals surface area contributed by atoms with Crippen LogP contribution in [-0.4, -0.2) is 85.2 Å². The molecule has 4 aromatic rings. The molecule has 0 unspecified atom stereocenters. The molecule has 5 heterocycles. The number of hydrogen-bond acceptors (Lipinski definition) is 9. The Labute approximate surface area is 340 Å². The maximum Gasteiger partial charge on any atom is 0.405 e. The van der Waals surface area contributed by atoms with Crippen molar-refractivity contribution in [1.82, 2.24) is 29.1 Å². The number of rotatable bonds is 10. The van der Waals surface area contributed by atoms with E-state index in [1.165, 1.54) is 33.3 Å². The lowest BCUT2D eigenvalue weighted by Crippen LogP contribution is -2.27. The molecule has 12 nitrogen and oxygen atoms in total. The van der Waals surface area contributed by atoms with Crippen molar-refractivity contribution < 1.29 is 42.7 Å². The molecule has 0 bridgehead atoms. The fourth-order valence-electron chi connectivity index (χ4n) is 4.69. The molecular weight excluding hydrogens is 865 g/mol. The zero-order valence-corrected chi connectivity index (χ0v) is 37.2. The number of nitrogens with two attached hydrogens (primary N) is 1. The smallest absolute Gasteiger partial charge is 0.405 e. The monoisotopic (exact) mass is 925 g/mol. The normalized spacial score (nSPS) is 12.3. The molecule has 1 aliphatic heterocycles. The van der Waals surface area contributed by atoms with Crippen molar-refractivity contribution in [3.8, 4) is 34.1 Å². The summed E-state index contributed by atoms with van der Waals surface area (Å²) >= 11 is 1.25. The Morgan fingerprint density at radius 1 is 1.13 bits per heavy atom. The van der Waals surface area contributed by atoms with E-state index in [0.29, 0.717) is 42.1 Å². The van der Waals surface area contributed by atoms with Crippen molar-refractivity contribution in [1.29, 1.82) is 0 Å². The number of carbonyl (C=O) groups excluding carboxylic acids is 1. The number of hydrogen-bond donors (Lipinski definition) is 1. The van der Waals surface area contributed by atoms with Gasteiger partial charge in [-0.25, -0.2) is 33.3 Å². The fraction of sp³-hybridized carbons (Fsp3) is 0.600. The van der Waals surface area contributed by atoms with Gasteiger partial charge in [0.15, 0.2) is 5.65 Å². The molecule has 0 fully saturated rings. The van der Waals surface area contributed by atoms with Crippen LogP contribution in [0.2, 0.25) is 0 Å². The average Bonchev–Trinajstić information content (AvgIpc) is 3.82. The first-order valence-electron chi connectivity index (χ1n) is 17.1. The Bertz CT molecular complexity index is 1710. The van der Waals surface area contributed by atoms with Crippen LogP contribution in [0.15, 0.2) is 24.9 Å². The molecular formula is C35H60F4IN7O5S2. The molecule has 5 rings (SSSR count). The summed E-state index contributed by atoms with van der Waals surface area (Å²) in [6.45, 7) is 17.6. The van der Waals surface area contributed by atoms with Crippen LogP contribution in [0.4, 0.5) is 22.4 Å². The van der Waals surface area contributed by atoms with Crippen molar-refractivity contribution in [2.45, 2.75) is 93.2 Å². The van der Waals surface area contributed by atoms with Gasteiger partial charge in [0.1, 0.15) is 18.0 Å². The van der Waals surface area contributed by atoms with Gasteiger partial charge in [-0.05, 0) is 39.5 Å². The summed E-state index contributed by atoms with van der Waals surface area (Å²) in [5.74, 6) is 0.716. The minimum absolute atomic E-state index is 0. The second-order valence-corrected chi connectivity index (χ2v) is 18.4. The number of carbonyl (C=O) groups is 1. The number of aromatic nitrogens is 6. The lowest BCUT2D eigenvalue weighted by molar-refractivity contribution is -0.0527. The van der Waals surface area contributed by atoms with Crippen molar-refractivity contribution in [2.24, 2.45) is 12.8 Å². The summed E-state index contributed by atoms with van der Waals surface area (Å²) in [5.41, 5.74) is 6.83. The van der Waals surface area contributed by atoms with Gasteiger partial charge in [-0.15, -0.1) is 53.6 Å². The highest BCUT2D eigenvalue weighted by Crippen LogP contribution is 2.50. The van der Waals surface area contributed by atoms with Crippen molar-refractivity contribution in [3.05, 3.63) is 30.6 Å². The first-order chi connectivity index (χ1) is 24.9. The van der Waals surface area contributed by atoms with E-state index in [9.17, 15) is 22.4 Å². The number of nitrogens with zero attached hydrogens (tertiary/aromatic N) is 6. The third-order valence-corrected chi connectivity index (χ3v) is 8.62. The molecule has 19 heteroatoms. The number of thiazole rings is 1. The summed E-state index contributed by atoms with van der Waals surface area (Å²) in [6, 6.07) is 0. The molecule has 0 spiro atoms. The van der Waals surface area contributed by atoms with E-state index >= 15 is 0 Å². The SMILES string of the molecule is C=C.CC.CC(C)(C)OC(N)=O.CCC.Cn1cc(-c2c(-c3c(C(F)F)nn4c3OCCC4)n(COCCS(C)(C)C)c3ncsc23)c(OC(F)F)n1.I.[HH]. The predicted molar refractivity (Wildman–Crippen MR) is 225 cm³/mol. The number of ether oxygens (including phenoxy) is 4. The minimum atomic E-state index is -3.13. The fourth-order valence-corrected chi connectivity index (χ4v) is 6.15. The Morgan fingerprint density at radius 2 is 1.74 bits per heavy atom. The van der Waals surface area contributed by atoms with Crippen LogP contribution in [0.5, 0.6) is 11.8 Å². The van der Waals surface area contributed by atoms with E-state index in [2.05, 4.69) is 65.7 Å². The summed E-state index contributed by atoms with van der Waals surface area (Å²) < 4.78 is 81.7. The highest BCUT2D eigenvalue weighted by Gasteiger charge is 2.35.